The van der Waals surface area contributed by atoms with Gasteiger partial charge in [0.25, 0.3) is 5.91 Å². The van der Waals surface area contributed by atoms with Crippen molar-refractivity contribution in [3.05, 3.63) is 59.2 Å². The highest BCUT2D eigenvalue weighted by Gasteiger charge is 2.35. The van der Waals surface area contributed by atoms with E-state index in [1.54, 1.807) is 0 Å². The molecule has 0 spiro atoms. The van der Waals surface area contributed by atoms with Gasteiger partial charge in [0.1, 0.15) is 0 Å². The standard InChI is InChI=1S/C22H32N2O/c1-16-18(14-11-15-21(16,2)3)20(25)23-19(22(4,5)24(6)7)17-12-9-8-10-13-17/h8-14,19H,15H2,1-7H3,(H,23,25). The highest BCUT2D eigenvalue weighted by molar-refractivity contribution is 5.97. The fourth-order valence-corrected chi connectivity index (χ4v) is 3.14. The Hall–Kier alpha value is -1.87. The van der Waals surface area contributed by atoms with Crippen molar-refractivity contribution in [2.24, 2.45) is 5.41 Å². The zero-order valence-electron chi connectivity index (χ0n) is 16.7. The Morgan fingerprint density at radius 3 is 2.36 bits per heavy atom. The van der Waals surface area contributed by atoms with Crippen molar-refractivity contribution >= 4 is 5.91 Å². The van der Waals surface area contributed by atoms with Crippen LogP contribution in [0.3, 0.4) is 0 Å². The quantitative estimate of drug-likeness (QED) is 0.857. The number of carbonyl (C=O) groups excluding carboxylic acids is 1. The van der Waals surface area contributed by atoms with Gasteiger partial charge in [-0.25, -0.2) is 0 Å². The average Bonchev–Trinajstić information content (AvgIpc) is 2.55. The first-order valence-electron chi connectivity index (χ1n) is 8.98. The van der Waals surface area contributed by atoms with Crippen molar-refractivity contribution in [1.29, 1.82) is 0 Å². The van der Waals surface area contributed by atoms with Crippen LogP contribution in [-0.4, -0.2) is 30.4 Å². The van der Waals surface area contributed by atoms with Crippen LogP contribution in [0.2, 0.25) is 0 Å². The predicted octanol–water partition coefficient (Wildman–Crippen LogP) is 4.49. The molecule has 1 N–H and O–H groups in total. The first kappa shape index (κ1) is 19.5. The lowest BCUT2D eigenvalue weighted by atomic mass is 9.76. The summed E-state index contributed by atoms with van der Waals surface area (Å²) in [6.45, 7) is 10.8. The van der Waals surface area contributed by atoms with E-state index >= 15 is 0 Å². The SMILES string of the molecule is CC1=C(C(=O)NC(c2ccccc2)C(C)(C)N(C)C)C=CCC1(C)C. The number of allylic oxidation sites excluding steroid dienone is 2. The van der Waals surface area contributed by atoms with Crippen LogP contribution >= 0.6 is 0 Å². The molecule has 1 aliphatic rings. The number of amides is 1. The molecule has 0 aromatic heterocycles. The van der Waals surface area contributed by atoms with Gasteiger partial charge in [-0.1, -0.05) is 61.9 Å². The normalized spacial score (nSPS) is 18.4. The highest BCUT2D eigenvalue weighted by Crippen LogP contribution is 2.37. The summed E-state index contributed by atoms with van der Waals surface area (Å²) in [6, 6.07) is 10.1. The first-order chi connectivity index (χ1) is 11.6. The third-order valence-electron chi connectivity index (χ3n) is 5.84. The molecule has 1 aliphatic carbocycles. The molecular formula is C22H32N2O. The van der Waals surface area contributed by atoms with E-state index in [4.69, 9.17) is 0 Å². The molecule has 0 bridgehead atoms. The van der Waals surface area contributed by atoms with E-state index in [-0.39, 0.29) is 22.9 Å². The van der Waals surface area contributed by atoms with Crippen LogP contribution < -0.4 is 5.32 Å². The molecule has 1 atom stereocenters. The Bertz CT molecular complexity index is 681. The number of carbonyl (C=O) groups is 1. The lowest BCUT2D eigenvalue weighted by molar-refractivity contribution is -0.119. The summed E-state index contributed by atoms with van der Waals surface area (Å²) in [5, 5.41) is 3.30. The van der Waals surface area contributed by atoms with E-state index in [2.05, 4.69) is 77.1 Å². The fraction of sp³-hybridized carbons (Fsp3) is 0.500. The Balaban J connectivity index is 2.38. The molecule has 0 fully saturated rings. The molecule has 0 radical (unpaired) electrons. The van der Waals surface area contributed by atoms with Crippen molar-refractivity contribution in [3.63, 3.8) is 0 Å². The largest absolute Gasteiger partial charge is 0.343 e. The van der Waals surface area contributed by atoms with Gasteiger partial charge in [0, 0.05) is 11.1 Å². The van der Waals surface area contributed by atoms with Crippen LogP contribution in [0.5, 0.6) is 0 Å². The number of nitrogens with zero attached hydrogens (tertiary/aromatic N) is 1. The number of rotatable bonds is 5. The molecule has 3 heteroatoms. The number of likely N-dealkylation sites (N-methyl/N-ethyl adjacent to an activating group) is 1. The van der Waals surface area contributed by atoms with Crippen molar-refractivity contribution in [1.82, 2.24) is 10.2 Å². The van der Waals surface area contributed by atoms with Gasteiger partial charge in [0.2, 0.25) is 0 Å². The second kappa shape index (κ2) is 7.17. The van der Waals surface area contributed by atoms with Crippen LogP contribution in [0.25, 0.3) is 0 Å². The van der Waals surface area contributed by atoms with E-state index in [9.17, 15) is 4.79 Å². The third-order valence-corrected chi connectivity index (χ3v) is 5.84. The minimum Gasteiger partial charge on any atom is -0.343 e. The molecule has 0 saturated carbocycles. The van der Waals surface area contributed by atoms with E-state index in [1.807, 2.05) is 24.3 Å². The molecule has 0 saturated heterocycles. The Labute approximate surface area is 152 Å². The van der Waals surface area contributed by atoms with Crippen molar-refractivity contribution in [2.75, 3.05) is 14.1 Å². The van der Waals surface area contributed by atoms with Crippen molar-refractivity contribution in [3.8, 4) is 0 Å². The molecule has 1 amide bonds. The molecule has 0 aliphatic heterocycles. The zero-order chi connectivity index (χ0) is 18.8. The van der Waals surface area contributed by atoms with Crippen molar-refractivity contribution in [2.45, 2.75) is 52.6 Å². The lowest BCUT2D eigenvalue weighted by Gasteiger charge is -2.41. The summed E-state index contributed by atoms with van der Waals surface area (Å²) in [5.41, 5.74) is 2.88. The van der Waals surface area contributed by atoms with Crippen LogP contribution in [-0.2, 0) is 4.79 Å². The maximum absolute atomic E-state index is 13.1. The number of nitrogens with one attached hydrogen (secondary N) is 1. The van der Waals surface area contributed by atoms with Gasteiger partial charge in [0.05, 0.1) is 6.04 Å². The molecule has 1 unspecified atom stereocenters. The molecule has 1 aromatic carbocycles. The lowest BCUT2D eigenvalue weighted by Crippen LogP contribution is -2.51. The van der Waals surface area contributed by atoms with Gasteiger partial charge in [-0.2, -0.15) is 0 Å². The zero-order valence-corrected chi connectivity index (χ0v) is 16.7. The Kier molecular flexibility index (Phi) is 5.58. The van der Waals surface area contributed by atoms with Gasteiger partial charge in [-0.3, -0.25) is 4.79 Å². The molecule has 2 rings (SSSR count). The highest BCUT2D eigenvalue weighted by atomic mass is 16.1. The maximum Gasteiger partial charge on any atom is 0.251 e. The minimum atomic E-state index is -0.223. The van der Waals surface area contributed by atoms with Gasteiger partial charge < -0.3 is 10.2 Å². The predicted molar refractivity (Wildman–Crippen MR) is 105 cm³/mol. The topological polar surface area (TPSA) is 32.3 Å². The molecule has 3 nitrogen and oxygen atoms in total. The summed E-state index contributed by atoms with van der Waals surface area (Å²) in [7, 11) is 4.10. The van der Waals surface area contributed by atoms with E-state index < -0.39 is 0 Å². The molecule has 0 heterocycles. The molecule has 1 aromatic rings. The summed E-state index contributed by atoms with van der Waals surface area (Å²) < 4.78 is 0. The Morgan fingerprint density at radius 1 is 1.20 bits per heavy atom. The van der Waals surface area contributed by atoms with E-state index in [1.165, 1.54) is 0 Å². The molecule has 25 heavy (non-hydrogen) atoms. The van der Waals surface area contributed by atoms with Gasteiger partial charge in [-0.15, -0.1) is 0 Å². The smallest absolute Gasteiger partial charge is 0.251 e. The number of hydrogen-bond donors (Lipinski definition) is 1. The maximum atomic E-state index is 13.1. The van der Waals surface area contributed by atoms with Crippen LogP contribution in [0.4, 0.5) is 0 Å². The first-order valence-corrected chi connectivity index (χ1v) is 8.98. The molecular weight excluding hydrogens is 308 g/mol. The van der Waals surface area contributed by atoms with E-state index in [0.29, 0.717) is 0 Å². The Morgan fingerprint density at radius 2 is 1.80 bits per heavy atom. The van der Waals surface area contributed by atoms with Crippen molar-refractivity contribution < 1.29 is 4.79 Å². The average molecular weight is 341 g/mol. The van der Waals surface area contributed by atoms with Crippen LogP contribution in [0, 0.1) is 5.41 Å². The summed E-state index contributed by atoms with van der Waals surface area (Å²) >= 11 is 0. The number of hydrogen-bond acceptors (Lipinski definition) is 2. The van der Waals surface area contributed by atoms with E-state index in [0.717, 1.165) is 23.1 Å². The van der Waals surface area contributed by atoms with Gasteiger partial charge in [0.15, 0.2) is 0 Å². The minimum absolute atomic E-state index is 0.00491. The second-order valence-corrected chi connectivity index (χ2v) is 8.39. The summed E-state index contributed by atoms with van der Waals surface area (Å²) in [6.07, 6.45) is 5.05. The second-order valence-electron chi connectivity index (χ2n) is 8.39. The summed E-state index contributed by atoms with van der Waals surface area (Å²) in [5.74, 6) is 0.00491. The monoisotopic (exact) mass is 340 g/mol. The molecule has 136 valence electrons. The fourth-order valence-electron chi connectivity index (χ4n) is 3.14. The summed E-state index contributed by atoms with van der Waals surface area (Å²) in [4.78, 5) is 15.3. The van der Waals surface area contributed by atoms with Gasteiger partial charge in [-0.05, 0) is 52.3 Å². The number of benzene rings is 1. The van der Waals surface area contributed by atoms with Crippen LogP contribution in [0.15, 0.2) is 53.6 Å². The van der Waals surface area contributed by atoms with Gasteiger partial charge >= 0.3 is 0 Å². The van der Waals surface area contributed by atoms with Crippen LogP contribution in [0.1, 0.15) is 52.6 Å². The third kappa shape index (κ3) is 4.04.